The van der Waals surface area contributed by atoms with Gasteiger partial charge in [-0.05, 0) is 86.6 Å². The van der Waals surface area contributed by atoms with Crippen molar-refractivity contribution in [3.63, 3.8) is 0 Å². The lowest BCUT2D eigenvalue weighted by atomic mass is 9.65. The molecule has 0 heterocycles. The van der Waals surface area contributed by atoms with Gasteiger partial charge in [0, 0.05) is 6.42 Å². The lowest BCUT2D eigenvalue weighted by molar-refractivity contribution is -0.139. The summed E-state index contributed by atoms with van der Waals surface area (Å²) in [5.41, 5.74) is 7.28. The Labute approximate surface area is 201 Å². The fourth-order valence-electron chi connectivity index (χ4n) is 6.26. The molecule has 0 bridgehead atoms. The second-order valence-corrected chi connectivity index (χ2v) is 10.4. The van der Waals surface area contributed by atoms with Crippen molar-refractivity contribution in [2.24, 2.45) is 35.3 Å². The highest BCUT2D eigenvalue weighted by atomic mass is 16.4. The summed E-state index contributed by atoms with van der Waals surface area (Å²) in [6.07, 6.45) is 24.7. The fourth-order valence-corrected chi connectivity index (χ4v) is 6.26. The topological polar surface area (TPSA) is 63.3 Å². The third kappa shape index (κ3) is 8.77. The summed E-state index contributed by atoms with van der Waals surface area (Å²) in [5, 5.41) is 9.65. The summed E-state index contributed by atoms with van der Waals surface area (Å²) in [6.45, 7) is 0.629. The molecule has 3 nitrogen and oxygen atoms in total. The maximum atomic E-state index is 11.7. The number of carboxylic acids is 1. The van der Waals surface area contributed by atoms with Crippen LogP contribution in [0.3, 0.4) is 0 Å². The number of carboxylic acid groups (broad SMARTS) is 1. The van der Waals surface area contributed by atoms with Crippen molar-refractivity contribution in [1.82, 2.24) is 0 Å². The smallest absolute Gasteiger partial charge is 0.303 e. The number of aliphatic carboxylic acids is 1. The summed E-state index contributed by atoms with van der Waals surface area (Å²) in [6, 6.07) is 10.5. The standard InChI is InChI=1S/C30H45NO2/c31-21-20-28-26(17-11-3-1-2-6-12-24-13-7-4-8-14-24)18-19-27(29(28)23-30(32)33)22-25-15-9-5-10-16-25/h1-2,5,9-10,15-16,18-19,24,26-29H,3-4,6-8,11-14,17,20-23,31H2,(H,32,33)/t26-,27-,28+,29+/m1/s1. The molecule has 3 heteroatoms. The number of allylic oxidation sites excluding steroid dienone is 4. The number of hydrogen-bond acceptors (Lipinski definition) is 2. The number of rotatable bonds is 13. The highest BCUT2D eigenvalue weighted by Gasteiger charge is 2.36. The van der Waals surface area contributed by atoms with Crippen LogP contribution in [0.5, 0.6) is 0 Å². The van der Waals surface area contributed by atoms with Crippen LogP contribution in [-0.4, -0.2) is 17.6 Å². The quantitative estimate of drug-likeness (QED) is 0.247. The van der Waals surface area contributed by atoms with Crippen molar-refractivity contribution in [2.45, 2.75) is 83.5 Å². The van der Waals surface area contributed by atoms with Crippen LogP contribution >= 0.6 is 0 Å². The van der Waals surface area contributed by atoms with Crippen LogP contribution in [0.2, 0.25) is 0 Å². The van der Waals surface area contributed by atoms with Gasteiger partial charge in [-0.25, -0.2) is 0 Å². The average molecular weight is 452 g/mol. The first kappa shape index (κ1) is 25.7. The van der Waals surface area contributed by atoms with E-state index in [1.807, 2.05) is 6.07 Å². The molecular weight excluding hydrogens is 406 g/mol. The van der Waals surface area contributed by atoms with Crippen LogP contribution < -0.4 is 5.73 Å². The van der Waals surface area contributed by atoms with Crippen molar-refractivity contribution in [1.29, 1.82) is 0 Å². The minimum Gasteiger partial charge on any atom is -0.481 e. The highest BCUT2D eigenvalue weighted by molar-refractivity contribution is 5.67. The number of benzene rings is 1. The largest absolute Gasteiger partial charge is 0.481 e. The van der Waals surface area contributed by atoms with E-state index >= 15 is 0 Å². The van der Waals surface area contributed by atoms with E-state index in [0.717, 1.165) is 31.6 Å². The Morgan fingerprint density at radius 1 is 0.909 bits per heavy atom. The van der Waals surface area contributed by atoms with E-state index in [-0.39, 0.29) is 18.3 Å². The summed E-state index contributed by atoms with van der Waals surface area (Å²) in [7, 11) is 0. The maximum Gasteiger partial charge on any atom is 0.303 e. The number of hydrogen-bond donors (Lipinski definition) is 2. The third-order valence-corrected chi connectivity index (χ3v) is 8.02. The van der Waals surface area contributed by atoms with E-state index in [4.69, 9.17) is 5.73 Å². The predicted molar refractivity (Wildman–Crippen MR) is 138 cm³/mol. The Kier molecular flexibility index (Phi) is 11.2. The van der Waals surface area contributed by atoms with Crippen molar-refractivity contribution in [2.75, 3.05) is 6.54 Å². The molecule has 1 saturated carbocycles. The van der Waals surface area contributed by atoms with Crippen molar-refractivity contribution >= 4 is 5.97 Å². The monoisotopic (exact) mass is 451 g/mol. The zero-order valence-electron chi connectivity index (χ0n) is 20.4. The molecule has 2 aliphatic rings. The van der Waals surface area contributed by atoms with E-state index in [1.54, 1.807) is 0 Å². The molecule has 0 spiro atoms. The van der Waals surface area contributed by atoms with Crippen molar-refractivity contribution in [3.8, 4) is 0 Å². The Morgan fingerprint density at radius 3 is 2.36 bits per heavy atom. The van der Waals surface area contributed by atoms with Gasteiger partial charge in [-0.2, -0.15) is 0 Å². The Hall–Kier alpha value is -1.87. The summed E-state index contributed by atoms with van der Waals surface area (Å²) < 4.78 is 0. The van der Waals surface area contributed by atoms with E-state index < -0.39 is 5.97 Å². The average Bonchev–Trinajstić information content (AvgIpc) is 2.82. The van der Waals surface area contributed by atoms with Crippen LogP contribution in [0.15, 0.2) is 54.6 Å². The van der Waals surface area contributed by atoms with Crippen LogP contribution in [0.1, 0.15) is 82.6 Å². The molecule has 0 saturated heterocycles. The van der Waals surface area contributed by atoms with Gasteiger partial charge in [0.15, 0.2) is 0 Å². The van der Waals surface area contributed by atoms with Crippen molar-refractivity contribution in [3.05, 3.63) is 60.2 Å². The highest BCUT2D eigenvalue weighted by Crippen LogP contribution is 2.42. The first-order chi connectivity index (χ1) is 16.2. The lowest BCUT2D eigenvalue weighted by Crippen LogP contribution is -2.35. The predicted octanol–water partition coefficient (Wildman–Crippen LogP) is 7.17. The number of carbonyl (C=O) groups is 1. The fraction of sp³-hybridized carbons (Fsp3) is 0.633. The summed E-state index contributed by atoms with van der Waals surface area (Å²) in [5.74, 6) is 1.52. The molecule has 0 radical (unpaired) electrons. The molecule has 0 aliphatic heterocycles. The zero-order valence-corrected chi connectivity index (χ0v) is 20.4. The van der Waals surface area contributed by atoms with E-state index in [0.29, 0.717) is 18.4 Å². The third-order valence-electron chi connectivity index (χ3n) is 8.02. The van der Waals surface area contributed by atoms with Crippen molar-refractivity contribution < 1.29 is 9.90 Å². The van der Waals surface area contributed by atoms with E-state index in [2.05, 4.69) is 48.6 Å². The van der Waals surface area contributed by atoms with Gasteiger partial charge in [-0.15, -0.1) is 0 Å². The van der Waals surface area contributed by atoms with Gasteiger partial charge in [-0.1, -0.05) is 86.7 Å². The minimum atomic E-state index is -0.685. The molecule has 33 heavy (non-hydrogen) atoms. The molecule has 1 aromatic rings. The first-order valence-electron chi connectivity index (χ1n) is 13.5. The molecule has 3 N–H and O–H groups in total. The van der Waals surface area contributed by atoms with Gasteiger partial charge in [0.05, 0.1) is 0 Å². The van der Waals surface area contributed by atoms with Crippen LogP contribution in [0, 0.1) is 29.6 Å². The molecule has 1 fully saturated rings. The number of unbranched alkanes of at least 4 members (excludes halogenated alkanes) is 1. The Bertz CT molecular complexity index is 735. The second-order valence-electron chi connectivity index (χ2n) is 10.4. The minimum absolute atomic E-state index is 0.160. The molecular formula is C30H45NO2. The van der Waals surface area contributed by atoms with Gasteiger partial charge in [-0.3, -0.25) is 4.79 Å². The van der Waals surface area contributed by atoms with Crippen LogP contribution in [0.4, 0.5) is 0 Å². The van der Waals surface area contributed by atoms with Crippen LogP contribution in [0.25, 0.3) is 0 Å². The van der Waals surface area contributed by atoms with Gasteiger partial charge < -0.3 is 10.8 Å². The molecule has 4 atom stereocenters. The molecule has 182 valence electrons. The first-order valence-corrected chi connectivity index (χ1v) is 13.5. The maximum absolute atomic E-state index is 11.7. The van der Waals surface area contributed by atoms with Gasteiger partial charge >= 0.3 is 5.97 Å². The molecule has 3 rings (SSSR count). The van der Waals surface area contributed by atoms with Gasteiger partial charge in [0.2, 0.25) is 0 Å². The number of nitrogens with two attached hydrogens (primary N) is 1. The van der Waals surface area contributed by atoms with Gasteiger partial charge in [0.25, 0.3) is 0 Å². The molecule has 1 aromatic carbocycles. The van der Waals surface area contributed by atoms with E-state index in [9.17, 15) is 9.90 Å². The lowest BCUT2D eigenvalue weighted by Gasteiger charge is -2.39. The summed E-state index contributed by atoms with van der Waals surface area (Å²) in [4.78, 5) is 11.7. The van der Waals surface area contributed by atoms with Gasteiger partial charge in [0.1, 0.15) is 0 Å². The van der Waals surface area contributed by atoms with E-state index in [1.165, 1.54) is 56.9 Å². The normalized spacial score (nSPS) is 26.1. The zero-order chi connectivity index (χ0) is 23.3. The molecule has 0 aromatic heterocycles. The molecule has 2 aliphatic carbocycles. The molecule has 0 unspecified atom stereocenters. The Morgan fingerprint density at radius 2 is 1.64 bits per heavy atom. The Balaban J connectivity index is 1.52. The summed E-state index contributed by atoms with van der Waals surface area (Å²) >= 11 is 0. The SMILES string of the molecule is NCC[C@@H]1[C@@H](CC(=O)O)[C@@H](Cc2ccccc2)C=C[C@H]1CCCC=CCCC1CCCCC1. The second kappa shape index (κ2) is 14.4. The molecule has 0 amide bonds. The van der Waals surface area contributed by atoms with Crippen LogP contribution in [-0.2, 0) is 11.2 Å².